The molecule has 4 aromatic rings. The fourth-order valence-corrected chi connectivity index (χ4v) is 4.90. The fraction of sp³-hybridized carbons (Fsp3) is 0.156. The zero-order valence-electron chi connectivity index (χ0n) is 22.5. The summed E-state index contributed by atoms with van der Waals surface area (Å²) in [7, 11) is 0. The molecule has 1 aliphatic rings. The van der Waals surface area contributed by atoms with Gasteiger partial charge in [0.1, 0.15) is 11.5 Å². The number of hydrogen-bond acceptors (Lipinski definition) is 5. The van der Waals surface area contributed by atoms with Gasteiger partial charge in [-0.25, -0.2) is 0 Å². The monoisotopic (exact) mass is 584 g/mol. The van der Waals surface area contributed by atoms with E-state index in [2.05, 4.69) is 15.5 Å². The number of thiocarbonyl (C=S) groups is 1. The van der Waals surface area contributed by atoms with Crippen LogP contribution in [0.5, 0.6) is 0 Å². The van der Waals surface area contributed by atoms with Gasteiger partial charge in [-0.3, -0.25) is 14.9 Å². The second kappa shape index (κ2) is 12.8. The number of carbonyl (C=O) groups is 2. The summed E-state index contributed by atoms with van der Waals surface area (Å²) in [6.07, 6.45) is 2.95. The van der Waals surface area contributed by atoms with Crippen molar-refractivity contribution in [2.75, 3.05) is 36.4 Å². The lowest BCUT2D eigenvalue weighted by molar-refractivity contribution is -0.115. The molecule has 1 aliphatic heterocycles. The van der Waals surface area contributed by atoms with E-state index in [1.807, 2.05) is 90.7 Å². The minimum absolute atomic E-state index is 0.0664. The highest BCUT2D eigenvalue weighted by atomic mass is 35.5. The van der Waals surface area contributed by atoms with E-state index in [0.717, 1.165) is 35.6 Å². The first-order valence-corrected chi connectivity index (χ1v) is 14.0. The lowest BCUT2D eigenvalue weighted by atomic mass is 10.1. The van der Waals surface area contributed by atoms with Crippen molar-refractivity contribution in [1.82, 2.24) is 10.2 Å². The Kier molecular flexibility index (Phi) is 8.82. The topological polar surface area (TPSA) is 77.8 Å². The number of nitrogens with zero attached hydrogens (tertiary/aromatic N) is 2. The average Bonchev–Trinajstić information content (AvgIpc) is 3.47. The maximum atomic E-state index is 12.7. The number of benzene rings is 3. The first kappa shape index (κ1) is 28.1. The quantitative estimate of drug-likeness (QED) is 0.202. The van der Waals surface area contributed by atoms with Crippen LogP contribution in [0.3, 0.4) is 0 Å². The second-order valence-electron chi connectivity index (χ2n) is 9.63. The first-order valence-electron chi connectivity index (χ1n) is 13.2. The van der Waals surface area contributed by atoms with E-state index in [1.54, 1.807) is 12.1 Å². The Labute approximate surface area is 249 Å². The molecule has 7 nitrogen and oxygen atoms in total. The van der Waals surface area contributed by atoms with Crippen LogP contribution in [0.25, 0.3) is 17.4 Å². The maximum absolute atomic E-state index is 12.7. The number of aryl methyl sites for hydroxylation is 1. The fourth-order valence-electron chi connectivity index (χ4n) is 4.50. The van der Waals surface area contributed by atoms with Crippen LogP contribution in [0.4, 0.5) is 11.4 Å². The van der Waals surface area contributed by atoms with Gasteiger partial charge in [-0.15, -0.1) is 0 Å². The molecule has 0 atom stereocenters. The number of halogens is 1. The number of furan rings is 1. The molecule has 2 N–H and O–H groups in total. The molecule has 0 bridgehead atoms. The molecule has 0 radical (unpaired) electrons. The zero-order chi connectivity index (χ0) is 28.8. The number of hydrogen-bond donors (Lipinski definition) is 2. The number of carbonyl (C=O) groups excluding carboxylic acids is 2. The molecule has 3 aromatic carbocycles. The van der Waals surface area contributed by atoms with Crippen molar-refractivity contribution in [2.45, 2.75) is 6.92 Å². The summed E-state index contributed by atoms with van der Waals surface area (Å²) in [6, 6.07) is 26.5. The number of rotatable bonds is 6. The van der Waals surface area contributed by atoms with E-state index < -0.39 is 0 Å². The molecule has 5 rings (SSSR count). The van der Waals surface area contributed by atoms with Crippen LogP contribution in [-0.4, -0.2) is 48.0 Å². The third-order valence-corrected chi connectivity index (χ3v) is 7.41. The van der Waals surface area contributed by atoms with Gasteiger partial charge in [-0.05, 0) is 85.4 Å². The molecule has 0 unspecified atom stereocenters. The van der Waals surface area contributed by atoms with E-state index in [9.17, 15) is 9.59 Å². The van der Waals surface area contributed by atoms with Crippen LogP contribution in [0.2, 0.25) is 5.02 Å². The van der Waals surface area contributed by atoms with Gasteiger partial charge >= 0.3 is 0 Å². The summed E-state index contributed by atoms with van der Waals surface area (Å²) in [5.74, 6) is 0.886. The van der Waals surface area contributed by atoms with Crippen molar-refractivity contribution in [1.29, 1.82) is 0 Å². The van der Waals surface area contributed by atoms with Crippen molar-refractivity contribution >= 4 is 58.2 Å². The van der Waals surface area contributed by atoms with Crippen LogP contribution in [0, 0.1) is 6.92 Å². The maximum Gasteiger partial charge on any atom is 0.253 e. The minimum atomic E-state index is -0.377. The Hall–Kier alpha value is -4.40. The van der Waals surface area contributed by atoms with Gasteiger partial charge in [0.05, 0.1) is 0 Å². The van der Waals surface area contributed by atoms with Gasteiger partial charge in [0, 0.05) is 59.8 Å². The molecule has 2 heterocycles. The molecule has 41 heavy (non-hydrogen) atoms. The molecule has 1 saturated heterocycles. The Morgan fingerprint density at radius 2 is 1.66 bits per heavy atom. The molecule has 0 saturated carbocycles. The minimum Gasteiger partial charge on any atom is -0.457 e. The highest BCUT2D eigenvalue weighted by Gasteiger charge is 2.22. The smallest absolute Gasteiger partial charge is 0.253 e. The number of piperazine rings is 1. The summed E-state index contributed by atoms with van der Waals surface area (Å²) in [6.45, 7) is 4.77. The van der Waals surface area contributed by atoms with Crippen LogP contribution >= 0.6 is 23.8 Å². The van der Waals surface area contributed by atoms with Crippen LogP contribution < -0.4 is 15.5 Å². The van der Waals surface area contributed by atoms with E-state index >= 15 is 0 Å². The molecule has 208 valence electrons. The lowest BCUT2D eigenvalue weighted by Crippen LogP contribution is -2.48. The van der Waals surface area contributed by atoms with Gasteiger partial charge in [0.25, 0.3) is 5.91 Å². The predicted molar refractivity (Wildman–Crippen MR) is 168 cm³/mol. The summed E-state index contributed by atoms with van der Waals surface area (Å²) in [5.41, 5.74) is 4.39. The molecule has 0 spiro atoms. The number of nitrogens with one attached hydrogen (secondary N) is 2. The van der Waals surface area contributed by atoms with Crippen molar-refractivity contribution in [2.24, 2.45) is 0 Å². The molecule has 1 fully saturated rings. The Balaban J connectivity index is 1.08. The SMILES string of the molecule is Cc1ccc(-c2ccc(/C=C/C(=O)NC(=S)Nc3ccc(N4CCN(C(=O)c5ccccc5)CC4)cc3)o2)cc1Cl. The molecule has 1 aromatic heterocycles. The summed E-state index contributed by atoms with van der Waals surface area (Å²) in [4.78, 5) is 29.2. The summed E-state index contributed by atoms with van der Waals surface area (Å²) in [5, 5.41) is 6.54. The van der Waals surface area contributed by atoms with Crippen molar-refractivity contribution in [3.63, 3.8) is 0 Å². The van der Waals surface area contributed by atoms with E-state index in [4.69, 9.17) is 28.2 Å². The molecular formula is C32H29ClN4O3S. The summed E-state index contributed by atoms with van der Waals surface area (Å²) >= 11 is 11.5. The molecular weight excluding hydrogens is 556 g/mol. The Morgan fingerprint density at radius 3 is 2.37 bits per heavy atom. The van der Waals surface area contributed by atoms with E-state index in [0.29, 0.717) is 35.2 Å². The van der Waals surface area contributed by atoms with Crippen LogP contribution in [0.1, 0.15) is 21.7 Å². The van der Waals surface area contributed by atoms with E-state index in [1.165, 1.54) is 6.08 Å². The Morgan fingerprint density at radius 1 is 0.927 bits per heavy atom. The van der Waals surface area contributed by atoms with Gasteiger partial charge in [-0.1, -0.05) is 41.9 Å². The Bertz CT molecular complexity index is 1580. The van der Waals surface area contributed by atoms with Gasteiger partial charge < -0.3 is 19.5 Å². The van der Waals surface area contributed by atoms with Crippen LogP contribution in [0.15, 0.2) is 95.4 Å². The third kappa shape index (κ3) is 7.22. The van der Waals surface area contributed by atoms with Crippen molar-refractivity contribution in [3.05, 3.63) is 113 Å². The largest absolute Gasteiger partial charge is 0.457 e. The number of anilines is 2. The van der Waals surface area contributed by atoms with Crippen molar-refractivity contribution in [3.8, 4) is 11.3 Å². The zero-order valence-corrected chi connectivity index (χ0v) is 24.0. The van der Waals surface area contributed by atoms with Gasteiger partial charge in [-0.2, -0.15) is 0 Å². The molecule has 0 aliphatic carbocycles. The highest BCUT2D eigenvalue weighted by Crippen LogP contribution is 2.27. The predicted octanol–water partition coefficient (Wildman–Crippen LogP) is 6.40. The standard InChI is InChI=1S/C32H29ClN4O3S/c1-22-7-8-24(21-28(22)33)29-15-13-27(40-29)14-16-30(38)35-32(41)34-25-9-11-26(12-10-25)36-17-19-37(20-18-36)31(39)23-5-3-2-4-6-23/h2-16,21H,17-20H2,1H3,(H2,34,35,38,41)/b16-14+. The number of amides is 2. The summed E-state index contributed by atoms with van der Waals surface area (Å²) < 4.78 is 5.82. The van der Waals surface area contributed by atoms with Gasteiger partial charge in [0.15, 0.2) is 5.11 Å². The van der Waals surface area contributed by atoms with Crippen molar-refractivity contribution < 1.29 is 14.0 Å². The highest BCUT2D eigenvalue weighted by molar-refractivity contribution is 7.80. The molecule has 9 heteroatoms. The average molecular weight is 585 g/mol. The molecule has 2 amide bonds. The van der Waals surface area contributed by atoms with E-state index in [-0.39, 0.29) is 16.9 Å². The lowest BCUT2D eigenvalue weighted by Gasteiger charge is -2.36. The first-order chi connectivity index (χ1) is 19.9. The van der Waals surface area contributed by atoms with Gasteiger partial charge in [0.2, 0.25) is 5.91 Å². The third-order valence-electron chi connectivity index (χ3n) is 6.80. The van der Waals surface area contributed by atoms with Crippen LogP contribution in [-0.2, 0) is 4.79 Å². The normalized spacial score (nSPS) is 13.3. The second-order valence-corrected chi connectivity index (χ2v) is 10.5.